The smallest absolute Gasteiger partial charge is 0.253 e. The lowest BCUT2D eigenvalue weighted by Gasteiger charge is -2.19. The van der Waals surface area contributed by atoms with Gasteiger partial charge in [-0.1, -0.05) is 13.0 Å². The summed E-state index contributed by atoms with van der Waals surface area (Å²) in [5.74, 6) is 0.838. The number of carbonyl (C=O) groups excluding carboxylic acids is 1. The summed E-state index contributed by atoms with van der Waals surface area (Å²) in [6.45, 7) is 2.85. The maximum atomic E-state index is 11.9. The first-order valence-corrected chi connectivity index (χ1v) is 5.23. The Bertz CT molecular complexity index is 292. The van der Waals surface area contributed by atoms with Crippen LogP contribution in [0.4, 0.5) is 0 Å². The number of methoxy groups -OCH3 is 1. The number of hydrogen-bond donors (Lipinski definition) is 0. The minimum Gasteiger partial charge on any atom is -0.501 e. The van der Waals surface area contributed by atoms with Crippen LogP contribution in [0.15, 0.2) is 23.5 Å². The van der Waals surface area contributed by atoms with E-state index in [1.54, 1.807) is 18.1 Å². The average molecular weight is 208 g/mol. The first-order valence-electron chi connectivity index (χ1n) is 5.23. The molecule has 0 aromatic rings. The summed E-state index contributed by atoms with van der Waals surface area (Å²) >= 11 is 0. The number of allylic oxidation sites excluding steroid dienone is 2. The Labute approximate surface area is 91.4 Å². The Kier molecular flexibility index (Phi) is 4.40. The molecule has 0 heterocycles. The molecule has 0 atom stereocenters. The monoisotopic (exact) mass is 208 g/mol. The van der Waals surface area contributed by atoms with Crippen molar-refractivity contribution in [2.24, 2.45) is 0 Å². The molecule has 0 aromatic carbocycles. The van der Waals surface area contributed by atoms with Crippen LogP contribution in [0.1, 0.15) is 19.8 Å². The summed E-state index contributed by atoms with van der Waals surface area (Å²) in [6, 6.07) is 0. The molecule has 83 valence electrons. The van der Waals surface area contributed by atoms with Crippen LogP contribution in [0.25, 0.3) is 0 Å². The largest absolute Gasteiger partial charge is 0.501 e. The molecule has 1 radical (unpaired) electrons. The lowest BCUT2D eigenvalue weighted by molar-refractivity contribution is -0.125. The second kappa shape index (κ2) is 5.59. The van der Waals surface area contributed by atoms with Gasteiger partial charge >= 0.3 is 0 Å². The van der Waals surface area contributed by atoms with Crippen molar-refractivity contribution >= 4 is 5.91 Å². The fourth-order valence-corrected chi connectivity index (χ4v) is 1.52. The van der Waals surface area contributed by atoms with Crippen LogP contribution in [0, 0.1) is 6.42 Å². The fraction of sp³-hybridized carbons (Fsp3) is 0.500. The average Bonchev–Trinajstić information content (AvgIpc) is 2.28. The van der Waals surface area contributed by atoms with E-state index in [1.165, 1.54) is 0 Å². The molecule has 0 fully saturated rings. The Morgan fingerprint density at radius 1 is 1.60 bits per heavy atom. The molecule has 15 heavy (non-hydrogen) atoms. The predicted molar refractivity (Wildman–Crippen MR) is 60.0 cm³/mol. The highest BCUT2D eigenvalue weighted by Gasteiger charge is 2.15. The molecule has 0 saturated carbocycles. The van der Waals surface area contributed by atoms with Crippen molar-refractivity contribution in [2.45, 2.75) is 19.8 Å². The van der Waals surface area contributed by atoms with Crippen LogP contribution in [-0.2, 0) is 9.53 Å². The van der Waals surface area contributed by atoms with Crippen LogP contribution < -0.4 is 0 Å². The molecule has 3 heteroatoms. The molecule has 0 aromatic heterocycles. The standard InChI is InChI=1S/C12H18NO2/c1-4-8-13(2)12(14)10-6-5-7-11(9-10)15-3/h6-7,9H,4-5,8H2,1-3H3. The minimum absolute atomic E-state index is 0.0690. The van der Waals surface area contributed by atoms with Gasteiger partial charge in [-0.25, -0.2) is 0 Å². The van der Waals surface area contributed by atoms with Crippen molar-refractivity contribution in [1.82, 2.24) is 4.90 Å². The highest BCUT2D eigenvalue weighted by atomic mass is 16.5. The Morgan fingerprint density at radius 3 is 2.93 bits per heavy atom. The maximum Gasteiger partial charge on any atom is 0.253 e. The maximum absolute atomic E-state index is 11.9. The van der Waals surface area contributed by atoms with E-state index in [1.807, 2.05) is 19.5 Å². The zero-order valence-corrected chi connectivity index (χ0v) is 9.62. The van der Waals surface area contributed by atoms with Gasteiger partial charge in [0.1, 0.15) is 5.76 Å². The van der Waals surface area contributed by atoms with Gasteiger partial charge in [-0.15, -0.1) is 0 Å². The highest BCUT2D eigenvalue weighted by Crippen LogP contribution is 2.18. The van der Waals surface area contributed by atoms with Crippen LogP contribution in [0.3, 0.4) is 0 Å². The molecule has 1 rings (SSSR count). The van der Waals surface area contributed by atoms with Crippen molar-refractivity contribution in [2.75, 3.05) is 20.7 Å². The number of nitrogens with zero attached hydrogens (tertiary/aromatic N) is 1. The normalized spacial score (nSPS) is 15.4. The number of amides is 1. The van der Waals surface area contributed by atoms with Crippen LogP contribution >= 0.6 is 0 Å². The molecule has 0 aliphatic heterocycles. The van der Waals surface area contributed by atoms with Gasteiger partial charge < -0.3 is 9.64 Å². The first kappa shape index (κ1) is 11.8. The van der Waals surface area contributed by atoms with Gasteiger partial charge in [0.2, 0.25) is 0 Å². The molecular weight excluding hydrogens is 190 g/mol. The van der Waals surface area contributed by atoms with Gasteiger partial charge in [0.15, 0.2) is 0 Å². The molecule has 0 N–H and O–H groups in total. The first-order chi connectivity index (χ1) is 7.19. The van der Waals surface area contributed by atoms with Crippen molar-refractivity contribution in [3.63, 3.8) is 0 Å². The van der Waals surface area contributed by atoms with E-state index in [-0.39, 0.29) is 5.91 Å². The SMILES string of the molecule is CCCN(C)C(=O)C1=CC[CH]C(OC)=C1. The van der Waals surface area contributed by atoms with Crippen molar-refractivity contribution in [3.05, 3.63) is 29.9 Å². The molecule has 0 unspecified atom stereocenters. The Morgan fingerprint density at radius 2 is 2.33 bits per heavy atom. The van der Waals surface area contributed by atoms with E-state index in [2.05, 4.69) is 6.92 Å². The molecule has 1 amide bonds. The van der Waals surface area contributed by atoms with Gasteiger partial charge in [-0.05, 0) is 18.9 Å². The molecular formula is C12H18NO2. The molecule has 0 spiro atoms. The molecule has 3 nitrogen and oxygen atoms in total. The van der Waals surface area contributed by atoms with Crippen molar-refractivity contribution in [1.29, 1.82) is 0 Å². The summed E-state index contributed by atoms with van der Waals surface area (Å²) in [5, 5.41) is 0. The lowest BCUT2D eigenvalue weighted by Crippen LogP contribution is -2.28. The molecule has 1 aliphatic carbocycles. The van der Waals surface area contributed by atoms with Crippen LogP contribution in [0.2, 0.25) is 0 Å². The summed E-state index contributed by atoms with van der Waals surface area (Å²) in [4.78, 5) is 13.6. The minimum atomic E-state index is 0.0690. The summed E-state index contributed by atoms with van der Waals surface area (Å²) in [6.07, 6.45) is 7.41. The third kappa shape index (κ3) is 3.11. The number of rotatable bonds is 4. The van der Waals surface area contributed by atoms with Gasteiger partial charge in [0, 0.05) is 25.6 Å². The summed E-state index contributed by atoms with van der Waals surface area (Å²) in [5.41, 5.74) is 0.727. The van der Waals surface area contributed by atoms with Crippen molar-refractivity contribution < 1.29 is 9.53 Å². The van der Waals surface area contributed by atoms with Gasteiger partial charge in [-0.3, -0.25) is 4.79 Å². The topological polar surface area (TPSA) is 29.5 Å². The number of carbonyl (C=O) groups is 1. The third-order valence-electron chi connectivity index (χ3n) is 2.34. The van der Waals surface area contributed by atoms with E-state index in [9.17, 15) is 4.79 Å². The molecule has 1 aliphatic rings. The van der Waals surface area contributed by atoms with Crippen molar-refractivity contribution in [3.8, 4) is 0 Å². The highest BCUT2D eigenvalue weighted by molar-refractivity contribution is 5.96. The second-order valence-electron chi connectivity index (χ2n) is 3.58. The van der Waals surface area contributed by atoms with Gasteiger partial charge in [-0.2, -0.15) is 0 Å². The summed E-state index contributed by atoms with van der Waals surface area (Å²) in [7, 11) is 3.44. The van der Waals surface area contributed by atoms with E-state index in [0.717, 1.165) is 30.7 Å². The lowest BCUT2D eigenvalue weighted by atomic mass is 10.0. The van der Waals surface area contributed by atoms with Gasteiger partial charge in [0.25, 0.3) is 5.91 Å². The van der Waals surface area contributed by atoms with Crippen LogP contribution in [-0.4, -0.2) is 31.5 Å². The van der Waals surface area contributed by atoms with E-state index >= 15 is 0 Å². The van der Waals surface area contributed by atoms with Gasteiger partial charge in [0.05, 0.1) is 7.11 Å². The summed E-state index contributed by atoms with van der Waals surface area (Å²) < 4.78 is 5.11. The van der Waals surface area contributed by atoms with E-state index < -0.39 is 0 Å². The number of hydrogen-bond acceptors (Lipinski definition) is 2. The molecule has 0 saturated heterocycles. The second-order valence-corrected chi connectivity index (χ2v) is 3.58. The number of likely N-dealkylation sites (N-methyl/N-ethyl adjacent to an activating group) is 1. The van der Waals surface area contributed by atoms with Crippen LogP contribution in [0.5, 0.6) is 0 Å². The Balaban J connectivity index is 2.67. The number of ether oxygens (including phenoxy) is 1. The predicted octanol–water partition coefficient (Wildman–Crippen LogP) is 1.92. The zero-order valence-electron chi connectivity index (χ0n) is 9.62. The van der Waals surface area contributed by atoms with E-state index in [4.69, 9.17) is 4.74 Å². The fourth-order valence-electron chi connectivity index (χ4n) is 1.52. The van der Waals surface area contributed by atoms with E-state index in [0.29, 0.717) is 0 Å². The Hall–Kier alpha value is -1.25. The zero-order chi connectivity index (χ0) is 11.3. The molecule has 0 bridgehead atoms. The quantitative estimate of drug-likeness (QED) is 0.706. The third-order valence-corrected chi connectivity index (χ3v) is 2.34.